The molecule has 1 aliphatic rings. The molecule has 8 heteroatoms. The van der Waals surface area contributed by atoms with E-state index in [2.05, 4.69) is 25.5 Å². The first-order valence-corrected chi connectivity index (χ1v) is 11.3. The van der Waals surface area contributed by atoms with Crippen LogP contribution in [0.1, 0.15) is 16.1 Å². The summed E-state index contributed by atoms with van der Waals surface area (Å²) in [4.78, 5) is 24.7. The summed E-state index contributed by atoms with van der Waals surface area (Å²) < 4.78 is 6.32. The molecule has 0 radical (unpaired) electrons. The maximum atomic E-state index is 12.8. The van der Waals surface area contributed by atoms with Crippen molar-refractivity contribution in [3.63, 3.8) is 0 Å². The molecule has 1 fully saturated rings. The number of fused-ring (bicyclic) bond motifs is 1. The minimum Gasteiger partial charge on any atom is -0.497 e. The van der Waals surface area contributed by atoms with Gasteiger partial charge in [-0.1, -0.05) is 18.2 Å². The molecule has 1 saturated heterocycles. The van der Waals surface area contributed by atoms with E-state index in [0.717, 1.165) is 51.7 Å². The Morgan fingerprint density at radius 2 is 2.00 bits per heavy atom. The van der Waals surface area contributed by atoms with Crippen molar-refractivity contribution in [1.82, 2.24) is 15.3 Å². The highest BCUT2D eigenvalue weighted by Gasteiger charge is 2.26. The first-order chi connectivity index (χ1) is 15.7. The lowest BCUT2D eigenvalue weighted by Crippen LogP contribution is -2.36. The summed E-state index contributed by atoms with van der Waals surface area (Å²) >= 11 is 1.53. The van der Waals surface area contributed by atoms with E-state index in [1.165, 1.54) is 11.3 Å². The monoisotopic (exact) mass is 445 g/mol. The summed E-state index contributed by atoms with van der Waals surface area (Å²) in [5.41, 5.74) is 0.887. The van der Waals surface area contributed by atoms with Crippen LogP contribution in [0, 0.1) is 0 Å². The van der Waals surface area contributed by atoms with Crippen LogP contribution in [0.25, 0.3) is 10.1 Å². The van der Waals surface area contributed by atoms with Gasteiger partial charge in [0.25, 0.3) is 5.91 Å². The number of methoxy groups -OCH3 is 1. The van der Waals surface area contributed by atoms with Crippen molar-refractivity contribution in [3.8, 4) is 5.75 Å². The summed E-state index contributed by atoms with van der Waals surface area (Å²) in [6.07, 6.45) is 2.62. The van der Waals surface area contributed by atoms with Crippen LogP contribution in [0.5, 0.6) is 5.75 Å². The van der Waals surface area contributed by atoms with Gasteiger partial charge in [-0.25, -0.2) is 4.98 Å². The van der Waals surface area contributed by atoms with Gasteiger partial charge in [0.05, 0.1) is 12.0 Å². The molecule has 32 heavy (non-hydrogen) atoms. The molecular weight excluding hydrogens is 422 g/mol. The lowest BCUT2D eigenvalue weighted by Gasteiger charge is -2.18. The van der Waals surface area contributed by atoms with E-state index in [1.807, 2.05) is 60.7 Å². The number of nitrogens with one attached hydrogen (secondary N) is 2. The molecule has 162 valence electrons. The van der Waals surface area contributed by atoms with Gasteiger partial charge in [0.2, 0.25) is 5.95 Å². The average molecular weight is 446 g/mol. The van der Waals surface area contributed by atoms with E-state index < -0.39 is 0 Å². The third-order valence-electron chi connectivity index (χ3n) is 5.48. The molecule has 0 saturated carbocycles. The quantitative estimate of drug-likeness (QED) is 0.456. The average Bonchev–Trinajstić information content (AvgIpc) is 3.47. The molecule has 0 aliphatic carbocycles. The molecule has 2 aromatic carbocycles. The van der Waals surface area contributed by atoms with Gasteiger partial charge in [-0.2, -0.15) is 4.98 Å². The number of nitrogens with zero attached hydrogens (tertiary/aromatic N) is 3. The number of rotatable bonds is 6. The molecule has 4 aromatic rings. The lowest BCUT2D eigenvalue weighted by atomic mass is 10.2. The van der Waals surface area contributed by atoms with E-state index in [9.17, 15) is 4.79 Å². The van der Waals surface area contributed by atoms with Gasteiger partial charge in [0.1, 0.15) is 11.6 Å². The number of anilines is 3. The number of hydrogen-bond donors (Lipinski definition) is 2. The largest absolute Gasteiger partial charge is 0.497 e. The van der Waals surface area contributed by atoms with Gasteiger partial charge in [0.15, 0.2) is 0 Å². The molecule has 0 spiro atoms. The minimum absolute atomic E-state index is 0.0115. The Morgan fingerprint density at radius 1 is 1.16 bits per heavy atom. The van der Waals surface area contributed by atoms with Crippen LogP contribution < -0.4 is 20.3 Å². The summed E-state index contributed by atoms with van der Waals surface area (Å²) in [7, 11) is 1.64. The Morgan fingerprint density at radius 3 is 2.81 bits per heavy atom. The maximum absolute atomic E-state index is 12.8. The van der Waals surface area contributed by atoms with Gasteiger partial charge >= 0.3 is 0 Å². The highest BCUT2D eigenvalue weighted by molar-refractivity contribution is 7.20. The van der Waals surface area contributed by atoms with Crippen molar-refractivity contribution in [2.24, 2.45) is 0 Å². The third-order valence-corrected chi connectivity index (χ3v) is 6.60. The predicted molar refractivity (Wildman–Crippen MR) is 128 cm³/mol. The second kappa shape index (κ2) is 8.84. The predicted octanol–water partition coefficient (Wildman–Crippen LogP) is 4.45. The molecule has 3 heterocycles. The van der Waals surface area contributed by atoms with Crippen LogP contribution in [-0.2, 0) is 0 Å². The van der Waals surface area contributed by atoms with Crippen molar-refractivity contribution in [3.05, 3.63) is 71.7 Å². The van der Waals surface area contributed by atoms with E-state index in [-0.39, 0.29) is 11.9 Å². The van der Waals surface area contributed by atoms with Gasteiger partial charge in [-0.3, -0.25) is 4.79 Å². The number of ether oxygens (including phenoxy) is 1. The molecule has 2 aromatic heterocycles. The molecule has 0 bridgehead atoms. The number of benzene rings is 2. The zero-order chi connectivity index (χ0) is 21.9. The normalized spacial score (nSPS) is 15.7. The van der Waals surface area contributed by atoms with Crippen LogP contribution in [0.15, 0.2) is 66.9 Å². The summed E-state index contributed by atoms with van der Waals surface area (Å²) in [5.74, 6) is 2.16. The number of hydrogen-bond acceptors (Lipinski definition) is 7. The fourth-order valence-corrected chi connectivity index (χ4v) is 4.79. The van der Waals surface area contributed by atoms with E-state index in [1.54, 1.807) is 13.3 Å². The zero-order valence-electron chi connectivity index (χ0n) is 17.6. The highest BCUT2D eigenvalue weighted by atomic mass is 32.1. The van der Waals surface area contributed by atoms with Gasteiger partial charge in [-0.15, -0.1) is 11.3 Å². The fourth-order valence-electron chi connectivity index (χ4n) is 3.83. The van der Waals surface area contributed by atoms with E-state index >= 15 is 0 Å². The SMILES string of the molecule is COc1ccc(Nc2nccc(N3CCC(NC(=O)c4cc5ccccc5s4)C3)n2)cc1. The fraction of sp³-hybridized carbons (Fsp3) is 0.208. The van der Waals surface area contributed by atoms with E-state index in [0.29, 0.717) is 5.95 Å². The molecule has 1 amide bonds. The summed E-state index contributed by atoms with van der Waals surface area (Å²) in [6, 6.07) is 19.6. The second-order valence-electron chi connectivity index (χ2n) is 7.65. The van der Waals surface area contributed by atoms with Crippen molar-refractivity contribution < 1.29 is 9.53 Å². The van der Waals surface area contributed by atoms with E-state index in [4.69, 9.17) is 4.74 Å². The van der Waals surface area contributed by atoms with Crippen molar-refractivity contribution in [1.29, 1.82) is 0 Å². The second-order valence-corrected chi connectivity index (χ2v) is 8.73. The highest BCUT2D eigenvalue weighted by Crippen LogP contribution is 2.26. The molecule has 1 aliphatic heterocycles. The van der Waals surface area contributed by atoms with Crippen LogP contribution in [0.3, 0.4) is 0 Å². The van der Waals surface area contributed by atoms with Crippen molar-refractivity contribution >= 4 is 44.8 Å². The van der Waals surface area contributed by atoms with Crippen molar-refractivity contribution in [2.75, 3.05) is 30.4 Å². The van der Waals surface area contributed by atoms with Crippen LogP contribution in [0.4, 0.5) is 17.5 Å². The first kappa shape index (κ1) is 20.3. The Balaban J connectivity index is 1.22. The zero-order valence-corrected chi connectivity index (χ0v) is 18.4. The van der Waals surface area contributed by atoms with Gasteiger partial charge in [-0.05, 0) is 54.3 Å². The number of carbonyl (C=O) groups excluding carboxylic acids is 1. The topological polar surface area (TPSA) is 79.4 Å². The molecular formula is C24H23N5O2S. The number of carbonyl (C=O) groups is 1. The van der Waals surface area contributed by atoms with Gasteiger partial charge < -0.3 is 20.3 Å². The Kier molecular flexibility index (Phi) is 5.60. The standard InChI is InChI=1S/C24H23N5O2S/c1-31-19-8-6-17(7-9-19)27-24-25-12-10-22(28-24)29-13-11-18(15-29)26-23(30)21-14-16-4-2-3-5-20(16)32-21/h2-10,12,14,18H,11,13,15H2,1H3,(H,26,30)(H,25,27,28). The number of thiophene rings is 1. The third kappa shape index (κ3) is 4.36. The van der Waals surface area contributed by atoms with Gasteiger partial charge in [0, 0.05) is 35.7 Å². The lowest BCUT2D eigenvalue weighted by molar-refractivity contribution is 0.0944. The molecule has 1 atom stereocenters. The number of amides is 1. The summed E-state index contributed by atoms with van der Waals surface area (Å²) in [5, 5.41) is 7.51. The number of aromatic nitrogens is 2. The van der Waals surface area contributed by atoms with Crippen molar-refractivity contribution in [2.45, 2.75) is 12.5 Å². The van der Waals surface area contributed by atoms with Crippen LogP contribution >= 0.6 is 11.3 Å². The maximum Gasteiger partial charge on any atom is 0.261 e. The molecule has 1 unspecified atom stereocenters. The molecule has 2 N–H and O–H groups in total. The molecule has 5 rings (SSSR count). The Labute approximate surface area is 190 Å². The first-order valence-electron chi connectivity index (χ1n) is 10.5. The van der Waals surface area contributed by atoms with Crippen LogP contribution in [-0.4, -0.2) is 42.1 Å². The Hall–Kier alpha value is -3.65. The minimum atomic E-state index is -0.0115. The smallest absolute Gasteiger partial charge is 0.261 e. The Bertz CT molecular complexity index is 1210. The molecule has 7 nitrogen and oxygen atoms in total. The summed E-state index contributed by atoms with van der Waals surface area (Å²) in [6.45, 7) is 1.55. The van der Waals surface area contributed by atoms with Crippen LogP contribution in [0.2, 0.25) is 0 Å².